The Kier molecular flexibility index (Phi) is 7.74. The van der Waals surface area contributed by atoms with Gasteiger partial charge in [0.2, 0.25) is 0 Å². The molecular weight excluding hydrogens is 514 g/mol. The first-order valence-electron chi connectivity index (χ1n) is 11.3. The summed E-state index contributed by atoms with van der Waals surface area (Å²) in [5, 5.41) is 0. The number of methoxy groups -OCH3 is 1. The zero-order chi connectivity index (χ0) is 26.6. The summed E-state index contributed by atoms with van der Waals surface area (Å²) < 4.78 is 40.7. The maximum absolute atomic E-state index is 13.1. The highest BCUT2D eigenvalue weighted by Gasteiger charge is 2.16. The van der Waals surface area contributed by atoms with Gasteiger partial charge in [0.1, 0.15) is 12.3 Å². The monoisotopic (exact) mass is 539 g/mol. The molecule has 0 aliphatic heterocycles. The number of esters is 1. The fraction of sp³-hybridized carbons (Fsp3) is 0.192. The van der Waals surface area contributed by atoms with E-state index in [0.29, 0.717) is 10.6 Å². The van der Waals surface area contributed by atoms with Crippen LogP contribution in [-0.2, 0) is 26.1 Å². The van der Waals surface area contributed by atoms with Gasteiger partial charge >= 0.3 is 5.97 Å². The third-order valence-corrected chi connectivity index (χ3v) is 7.80. The molecule has 0 bridgehead atoms. The minimum absolute atomic E-state index is 0.0512. The number of fused-ring (bicyclic) bond motifs is 1. The maximum Gasteiger partial charge on any atom is 0.326 e. The van der Waals surface area contributed by atoms with Crippen molar-refractivity contribution in [3.05, 3.63) is 82.7 Å². The van der Waals surface area contributed by atoms with E-state index in [9.17, 15) is 18.0 Å². The first-order chi connectivity index (χ1) is 17.7. The number of carbonyl (C=O) groups excluding carboxylic acids is 2. The second-order valence-corrected chi connectivity index (χ2v) is 10.7. The minimum atomic E-state index is -3.89. The molecule has 4 rings (SSSR count). The third kappa shape index (κ3) is 6.07. The summed E-state index contributed by atoms with van der Waals surface area (Å²) in [6.45, 7) is 3.83. The summed E-state index contributed by atoms with van der Waals surface area (Å²) in [7, 11) is -2.39. The van der Waals surface area contributed by atoms with Crippen LogP contribution in [0.1, 0.15) is 22.8 Å². The van der Waals surface area contributed by atoms with Gasteiger partial charge in [0.15, 0.2) is 4.80 Å². The van der Waals surface area contributed by atoms with Crippen LogP contribution in [0.15, 0.2) is 76.6 Å². The number of sulfonamides is 1. The highest BCUT2D eigenvalue weighted by atomic mass is 32.2. The molecular formula is C26H25N3O6S2. The van der Waals surface area contributed by atoms with Crippen molar-refractivity contribution >= 4 is 49.1 Å². The van der Waals surface area contributed by atoms with E-state index in [1.807, 2.05) is 25.1 Å². The molecule has 1 heterocycles. The van der Waals surface area contributed by atoms with Crippen molar-refractivity contribution in [1.82, 2.24) is 4.57 Å². The Hall–Kier alpha value is -3.96. The number of ether oxygens (including phenoxy) is 2. The first kappa shape index (κ1) is 26.1. The van der Waals surface area contributed by atoms with Gasteiger partial charge in [-0.15, -0.1) is 0 Å². The number of aromatic nitrogens is 1. The zero-order valence-corrected chi connectivity index (χ0v) is 22.1. The molecule has 0 aliphatic rings. The van der Waals surface area contributed by atoms with Gasteiger partial charge in [-0.3, -0.25) is 14.3 Å². The van der Waals surface area contributed by atoms with Crippen molar-refractivity contribution in [3.63, 3.8) is 0 Å². The number of anilines is 1. The number of nitrogens with zero attached hydrogens (tertiary/aromatic N) is 2. The summed E-state index contributed by atoms with van der Waals surface area (Å²) in [6, 6.07) is 17.8. The van der Waals surface area contributed by atoms with Crippen molar-refractivity contribution in [2.45, 2.75) is 25.3 Å². The van der Waals surface area contributed by atoms with Crippen LogP contribution in [0.25, 0.3) is 10.2 Å². The lowest BCUT2D eigenvalue weighted by atomic mass is 10.2. The Morgan fingerprint density at radius 1 is 1.05 bits per heavy atom. The van der Waals surface area contributed by atoms with Crippen LogP contribution in [-0.4, -0.2) is 38.6 Å². The molecule has 11 heteroatoms. The molecule has 1 aromatic heterocycles. The van der Waals surface area contributed by atoms with Crippen LogP contribution in [0, 0.1) is 6.92 Å². The Morgan fingerprint density at radius 2 is 1.81 bits per heavy atom. The van der Waals surface area contributed by atoms with Crippen molar-refractivity contribution in [2.24, 2.45) is 4.99 Å². The maximum atomic E-state index is 13.1. The van der Waals surface area contributed by atoms with E-state index in [1.54, 1.807) is 41.8 Å². The molecule has 0 radical (unpaired) electrons. The number of hydrogen-bond acceptors (Lipinski definition) is 7. The van der Waals surface area contributed by atoms with Gasteiger partial charge < -0.3 is 14.0 Å². The number of rotatable bonds is 8. The zero-order valence-electron chi connectivity index (χ0n) is 20.4. The van der Waals surface area contributed by atoms with Crippen LogP contribution in [0.3, 0.4) is 0 Å². The second-order valence-electron chi connectivity index (χ2n) is 8.03. The van der Waals surface area contributed by atoms with Crippen molar-refractivity contribution in [2.75, 3.05) is 18.4 Å². The molecule has 192 valence electrons. The van der Waals surface area contributed by atoms with Gasteiger partial charge in [0, 0.05) is 11.3 Å². The fourth-order valence-electron chi connectivity index (χ4n) is 3.59. The molecule has 0 saturated carbocycles. The van der Waals surface area contributed by atoms with E-state index in [0.717, 1.165) is 15.8 Å². The first-order valence-corrected chi connectivity index (χ1v) is 13.6. The van der Waals surface area contributed by atoms with E-state index in [2.05, 4.69) is 9.71 Å². The Morgan fingerprint density at radius 3 is 2.51 bits per heavy atom. The summed E-state index contributed by atoms with van der Waals surface area (Å²) >= 11 is 1.28. The molecule has 0 aliphatic carbocycles. The Balaban J connectivity index is 1.66. The topological polar surface area (TPSA) is 116 Å². The second kappa shape index (κ2) is 11.0. The summed E-state index contributed by atoms with van der Waals surface area (Å²) in [6.07, 6.45) is 0. The number of aryl methyl sites for hydroxylation is 1. The van der Waals surface area contributed by atoms with E-state index in [-0.39, 0.29) is 29.3 Å². The number of hydrogen-bond donors (Lipinski definition) is 1. The number of carbonyl (C=O) groups is 2. The summed E-state index contributed by atoms with van der Waals surface area (Å²) in [5.41, 5.74) is 2.19. The van der Waals surface area contributed by atoms with Gasteiger partial charge in [-0.2, -0.15) is 4.99 Å². The summed E-state index contributed by atoms with van der Waals surface area (Å²) in [4.78, 5) is 30.0. The highest BCUT2D eigenvalue weighted by molar-refractivity contribution is 7.92. The molecule has 1 N–H and O–H groups in total. The highest BCUT2D eigenvalue weighted by Crippen LogP contribution is 2.21. The molecule has 1 amide bonds. The Labute approximate surface area is 218 Å². The van der Waals surface area contributed by atoms with Crippen LogP contribution in [0.5, 0.6) is 5.75 Å². The summed E-state index contributed by atoms with van der Waals surface area (Å²) in [5.74, 6) is -0.484. The van der Waals surface area contributed by atoms with Gasteiger partial charge in [-0.25, -0.2) is 8.42 Å². The lowest BCUT2D eigenvalue weighted by molar-refractivity contribution is -0.143. The lowest BCUT2D eigenvalue weighted by Crippen LogP contribution is -2.23. The smallest absolute Gasteiger partial charge is 0.326 e. The predicted octanol–water partition coefficient (Wildman–Crippen LogP) is 4.12. The minimum Gasteiger partial charge on any atom is -0.497 e. The van der Waals surface area contributed by atoms with Crippen LogP contribution in [0.2, 0.25) is 0 Å². The number of nitrogens with one attached hydrogen (secondary N) is 1. The average Bonchev–Trinajstić information content (AvgIpc) is 3.19. The molecule has 37 heavy (non-hydrogen) atoms. The van der Waals surface area contributed by atoms with Crippen molar-refractivity contribution in [3.8, 4) is 5.75 Å². The number of benzene rings is 3. The molecule has 9 nitrogen and oxygen atoms in total. The van der Waals surface area contributed by atoms with E-state index >= 15 is 0 Å². The SMILES string of the molecule is CCOC(=O)Cn1c(=NC(=O)c2cccc(NS(=O)(=O)c3ccc(OC)cc3)c2)sc2cc(C)ccc21. The number of thiazole rings is 1. The van der Waals surface area contributed by atoms with Gasteiger partial charge in [0.25, 0.3) is 15.9 Å². The van der Waals surface area contributed by atoms with Crippen molar-refractivity contribution < 1.29 is 27.5 Å². The largest absolute Gasteiger partial charge is 0.497 e. The number of amides is 1. The molecule has 0 unspecified atom stereocenters. The fourth-order valence-corrected chi connectivity index (χ4v) is 5.77. The molecule has 0 saturated heterocycles. The van der Waals surface area contributed by atoms with Gasteiger partial charge in [0.05, 0.1) is 28.8 Å². The standard InChI is InChI=1S/C26H25N3O6S2/c1-4-35-24(30)16-29-22-13-8-17(2)14-23(22)36-26(29)27-25(31)18-6-5-7-19(15-18)28-37(32,33)21-11-9-20(34-3)10-12-21/h5-15,28H,4,16H2,1-3H3. The molecule has 0 atom stereocenters. The molecule has 4 aromatic rings. The predicted molar refractivity (Wildman–Crippen MR) is 141 cm³/mol. The van der Waals surface area contributed by atoms with E-state index in [4.69, 9.17) is 9.47 Å². The normalized spacial score (nSPS) is 11.9. The van der Waals surface area contributed by atoms with Gasteiger partial charge in [-0.1, -0.05) is 23.5 Å². The van der Waals surface area contributed by atoms with Gasteiger partial charge in [-0.05, 0) is 74.0 Å². The third-order valence-electron chi connectivity index (χ3n) is 5.36. The van der Waals surface area contributed by atoms with E-state index in [1.165, 1.54) is 36.6 Å². The average molecular weight is 540 g/mol. The molecule has 0 spiro atoms. The Bertz CT molecular complexity index is 1640. The van der Waals surface area contributed by atoms with Crippen LogP contribution in [0.4, 0.5) is 5.69 Å². The van der Waals surface area contributed by atoms with Crippen LogP contribution < -0.4 is 14.3 Å². The molecule has 3 aromatic carbocycles. The lowest BCUT2D eigenvalue weighted by Gasteiger charge is -2.09. The molecule has 0 fully saturated rings. The quantitative estimate of drug-likeness (QED) is 0.337. The van der Waals surface area contributed by atoms with Crippen LogP contribution >= 0.6 is 11.3 Å². The van der Waals surface area contributed by atoms with Crippen molar-refractivity contribution in [1.29, 1.82) is 0 Å². The van der Waals surface area contributed by atoms with E-state index < -0.39 is 21.9 Å².